The summed E-state index contributed by atoms with van der Waals surface area (Å²) < 4.78 is 21.1. The number of methoxy groups -OCH3 is 1. The number of hydrogen-bond acceptors (Lipinski definition) is 5. The number of anilines is 2. The minimum Gasteiger partial charge on any atom is -0.495 e. The van der Waals surface area contributed by atoms with Crippen molar-refractivity contribution in [2.24, 2.45) is 14.1 Å². The molecule has 1 N–H and O–H groups in total. The molecule has 0 radical (unpaired) electrons. The number of para-hydroxylation sites is 2. The lowest BCUT2D eigenvalue weighted by molar-refractivity contribution is -0.115. The van der Waals surface area contributed by atoms with Gasteiger partial charge in [-0.05, 0) is 12.1 Å². The van der Waals surface area contributed by atoms with E-state index in [1.807, 2.05) is 0 Å². The van der Waals surface area contributed by atoms with Crippen molar-refractivity contribution in [1.29, 1.82) is 0 Å². The van der Waals surface area contributed by atoms with Crippen LogP contribution in [0.1, 0.15) is 0 Å². The van der Waals surface area contributed by atoms with E-state index in [4.69, 9.17) is 4.74 Å². The molecule has 0 aliphatic carbocycles. The number of carbonyl (C=O) groups is 1. The molecular weight excluding hydrogens is 319 g/mol. The lowest BCUT2D eigenvalue weighted by atomic mass is 10.3. The van der Waals surface area contributed by atoms with Crippen molar-refractivity contribution in [3.63, 3.8) is 0 Å². The van der Waals surface area contributed by atoms with Gasteiger partial charge in [0.1, 0.15) is 12.3 Å². The van der Waals surface area contributed by atoms with Gasteiger partial charge in [-0.25, -0.2) is 4.79 Å². The highest BCUT2D eigenvalue weighted by Gasteiger charge is 2.18. The van der Waals surface area contributed by atoms with Crippen LogP contribution in [0.15, 0.2) is 40.1 Å². The summed E-state index contributed by atoms with van der Waals surface area (Å²) in [5.41, 5.74) is -1.44. The summed E-state index contributed by atoms with van der Waals surface area (Å²) in [7, 11) is 4.06. The van der Waals surface area contributed by atoms with Crippen LogP contribution in [-0.4, -0.2) is 28.7 Å². The molecule has 1 heterocycles. The Labute approximate surface area is 136 Å². The van der Waals surface area contributed by atoms with Crippen molar-refractivity contribution in [3.05, 3.63) is 51.3 Å². The first kappa shape index (κ1) is 17.3. The Kier molecular flexibility index (Phi) is 5.02. The number of ether oxygens (including phenoxy) is 1. The summed E-state index contributed by atoms with van der Waals surface area (Å²) in [6.45, 7) is -0.717. The number of benzene rings is 1. The predicted molar refractivity (Wildman–Crippen MR) is 87.0 cm³/mol. The molecule has 1 amide bonds. The number of nitrogens with zero attached hydrogens (tertiary/aromatic N) is 3. The lowest BCUT2D eigenvalue weighted by Gasteiger charge is -2.15. The third kappa shape index (κ3) is 3.45. The summed E-state index contributed by atoms with van der Waals surface area (Å²) in [6.07, 6.45) is 1.04. The molecule has 9 heteroatoms. The van der Waals surface area contributed by atoms with Crippen LogP contribution in [0.5, 0.6) is 5.75 Å². The van der Waals surface area contributed by atoms with Gasteiger partial charge in [0, 0.05) is 20.3 Å². The maximum absolute atomic E-state index is 14.2. The van der Waals surface area contributed by atoms with Crippen LogP contribution in [0.4, 0.5) is 15.9 Å². The molecule has 1 aromatic carbocycles. The number of nitrogens with one attached hydrogen (secondary N) is 1. The van der Waals surface area contributed by atoms with E-state index in [2.05, 4.69) is 5.32 Å². The van der Waals surface area contributed by atoms with Crippen molar-refractivity contribution in [2.45, 2.75) is 0 Å². The van der Waals surface area contributed by atoms with E-state index in [0.29, 0.717) is 11.4 Å². The van der Waals surface area contributed by atoms with Crippen molar-refractivity contribution in [2.75, 3.05) is 24.1 Å². The van der Waals surface area contributed by atoms with Gasteiger partial charge in [-0.1, -0.05) is 16.6 Å². The van der Waals surface area contributed by atoms with E-state index in [1.165, 1.54) is 21.2 Å². The number of halogens is 1. The van der Waals surface area contributed by atoms with Crippen molar-refractivity contribution < 1.29 is 14.0 Å². The van der Waals surface area contributed by atoms with E-state index in [1.54, 1.807) is 24.3 Å². The number of aromatic nitrogens is 2. The van der Waals surface area contributed by atoms with Crippen LogP contribution in [0.2, 0.25) is 0 Å². The summed E-state index contributed by atoms with van der Waals surface area (Å²) in [4.78, 5) is 35.5. The number of carbonyl (C=O) groups excluding carboxylic acids is 1. The van der Waals surface area contributed by atoms with E-state index in [0.717, 1.165) is 15.3 Å². The Hall–Kier alpha value is -3.10. The molecule has 0 bridgehead atoms. The van der Waals surface area contributed by atoms with E-state index >= 15 is 0 Å². The standard InChI is InChI=1S/C15H17FN4O4/c1-18-8-11(14(22)19(2)15(18)23)20(16)9-13(21)17-10-6-4-5-7-12(10)24-3/h4-8H,9H2,1-3H3,(H,17,21). The lowest BCUT2D eigenvalue weighted by Crippen LogP contribution is -2.40. The number of hydrogen-bond donors (Lipinski definition) is 1. The second-order valence-corrected chi connectivity index (χ2v) is 5.04. The van der Waals surface area contributed by atoms with E-state index < -0.39 is 29.4 Å². The average Bonchev–Trinajstić information content (AvgIpc) is 2.56. The Morgan fingerprint density at radius 1 is 1.29 bits per heavy atom. The second-order valence-electron chi connectivity index (χ2n) is 5.04. The molecule has 0 fully saturated rings. The molecule has 2 aromatic rings. The van der Waals surface area contributed by atoms with Crippen molar-refractivity contribution >= 4 is 17.3 Å². The second kappa shape index (κ2) is 6.99. The molecule has 0 spiro atoms. The van der Waals surface area contributed by atoms with Gasteiger partial charge in [0.25, 0.3) is 5.56 Å². The van der Waals surface area contributed by atoms with Crippen LogP contribution in [-0.2, 0) is 18.9 Å². The zero-order chi connectivity index (χ0) is 17.9. The Morgan fingerprint density at radius 3 is 2.62 bits per heavy atom. The zero-order valence-corrected chi connectivity index (χ0v) is 13.4. The first-order chi connectivity index (χ1) is 11.3. The number of rotatable bonds is 5. The van der Waals surface area contributed by atoms with Crippen LogP contribution < -0.4 is 26.4 Å². The SMILES string of the molecule is COc1ccccc1NC(=O)CN(F)c1cn(C)c(=O)n(C)c1=O. The Morgan fingerprint density at radius 2 is 1.96 bits per heavy atom. The third-order valence-corrected chi connectivity index (χ3v) is 3.35. The normalized spacial score (nSPS) is 10.3. The Balaban J connectivity index is 2.18. The fraction of sp³-hybridized carbons (Fsp3) is 0.267. The van der Waals surface area contributed by atoms with Crippen molar-refractivity contribution in [1.82, 2.24) is 9.13 Å². The van der Waals surface area contributed by atoms with Gasteiger partial charge in [0.15, 0.2) is 5.69 Å². The first-order valence-electron chi connectivity index (χ1n) is 6.98. The smallest absolute Gasteiger partial charge is 0.330 e. The average molecular weight is 336 g/mol. The highest BCUT2D eigenvalue weighted by atomic mass is 19.2. The predicted octanol–water partition coefficient (Wildman–Crippen LogP) is 0.422. The molecule has 8 nitrogen and oxygen atoms in total. The highest BCUT2D eigenvalue weighted by Crippen LogP contribution is 2.23. The van der Waals surface area contributed by atoms with Crippen LogP contribution >= 0.6 is 0 Å². The molecule has 1 aromatic heterocycles. The van der Waals surface area contributed by atoms with Crippen LogP contribution in [0, 0.1) is 0 Å². The molecule has 128 valence electrons. The van der Waals surface area contributed by atoms with Crippen molar-refractivity contribution in [3.8, 4) is 5.75 Å². The van der Waals surface area contributed by atoms with Gasteiger partial charge >= 0.3 is 5.69 Å². The summed E-state index contributed by atoms with van der Waals surface area (Å²) in [5, 5.41) is 2.49. The van der Waals surface area contributed by atoms with Gasteiger partial charge in [-0.2, -0.15) is 5.12 Å². The maximum atomic E-state index is 14.2. The molecule has 2 rings (SSSR count). The molecule has 0 saturated carbocycles. The molecule has 0 unspecified atom stereocenters. The number of aryl methyl sites for hydroxylation is 1. The summed E-state index contributed by atoms with van der Waals surface area (Å²) in [6, 6.07) is 6.66. The van der Waals surface area contributed by atoms with Gasteiger partial charge in [0.2, 0.25) is 5.91 Å². The fourth-order valence-electron chi connectivity index (χ4n) is 2.10. The zero-order valence-electron chi connectivity index (χ0n) is 13.4. The molecule has 0 atom stereocenters. The van der Waals surface area contributed by atoms with E-state index in [-0.39, 0.29) is 5.12 Å². The van der Waals surface area contributed by atoms with Gasteiger partial charge in [0.05, 0.1) is 12.8 Å². The first-order valence-corrected chi connectivity index (χ1v) is 6.98. The Bertz CT molecular complexity index is 875. The highest BCUT2D eigenvalue weighted by molar-refractivity contribution is 5.95. The number of amides is 1. The minimum absolute atomic E-state index is 0.00742. The monoisotopic (exact) mass is 336 g/mol. The molecule has 0 aliphatic heterocycles. The van der Waals surface area contributed by atoms with Crippen LogP contribution in [0.25, 0.3) is 0 Å². The van der Waals surface area contributed by atoms with Gasteiger partial charge in [-0.3, -0.25) is 14.2 Å². The van der Waals surface area contributed by atoms with Crippen LogP contribution in [0.3, 0.4) is 0 Å². The van der Waals surface area contributed by atoms with Gasteiger partial charge < -0.3 is 14.6 Å². The largest absolute Gasteiger partial charge is 0.495 e. The minimum atomic E-state index is -0.828. The molecule has 24 heavy (non-hydrogen) atoms. The summed E-state index contributed by atoms with van der Waals surface area (Å²) >= 11 is 0. The summed E-state index contributed by atoms with van der Waals surface area (Å²) in [5.74, 6) is -0.257. The topological polar surface area (TPSA) is 85.6 Å². The third-order valence-electron chi connectivity index (χ3n) is 3.35. The molecule has 0 aliphatic rings. The maximum Gasteiger partial charge on any atom is 0.330 e. The van der Waals surface area contributed by atoms with Gasteiger partial charge in [-0.15, -0.1) is 0 Å². The fourth-order valence-corrected chi connectivity index (χ4v) is 2.10. The molecule has 0 saturated heterocycles. The van der Waals surface area contributed by atoms with E-state index in [9.17, 15) is 18.9 Å². The quantitative estimate of drug-likeness (QED) is 0.800. The molecular formula is C15H17FN4O4.